The lowest BCUT2D eigenvalue weighted by molar-refractivity contribution is -0.131. The molecule has 0 spiro atoms. The fourth-order valence-corrected chi connectivity index (χ4v) is 4.68. The number of nitrogens with zero attached hydrogens (tertiary/aromatic N) is 7. The van der Waals surface area contributed by atoms with Gasteiger partial charge in [-0.25, -0.2) is 15.0 Å². The summed E-state index contributed by atoms with van der Waals surface area (Å²) in [6, 6.07) is 7.69. The molecule has 162 valence electrons. The topological polar surface area (TPSA) is 80.0 Å². The Morgan fingerprint density at radius 3 is 2.39 bits per heavy atom. The van der Waals surface area contributed by atoms with Crippen LogP contribution in [0.2, 0.25) is 0 Å². The highest BCUT2D eigenvalue weighted by atomic mass is 32.2. The minimum Gasteiger partial charge on any atom is -0.338 e. The quantitative estimate of drug-likeness (QED) is 0.526. The Labute approximate surface area is 186 Å². The maximum absolute atomic E-state index is 13.4. The molecule has 1 aliphatic heterocycles. The van der Waals surface area contributed by atoms with Gasteiger partial charge >= 0.3 is 0 Å². The normalized spacial score (nSPS) is 15.3. The van der Waals surface area contributed by atoms with Gasteiger partial charge in [-0.05, 0) is 24.1 Å². The van der Waals surface area contributed by atoms with Crippen molar-refractivity contribution in [2.24, 2.45) is 5.92 Å². The first kappa shape index (κ1) is 21.3. The average Bonchev–Trinajstić information content (AvgIpc) is 3.25. The first-order chi connectivity index (χ1) is 15.1. The highest BCUT2D eigenvalue weighted by Crippen LogP contribution is 2.29. The monoisotopic (exact) mass is 437 g/mol. The second kappa shape index (κ2) is 9.91. The fourth-order valence-electron chi connectivity index (χ4n) is 3.55. The minimum absolute atomic E-state index is 0.168. The molecule has 1 amide bonds. The van der Waals surface area contributed by atoms with E-state index in [9.17, 15) is 4.79 Å². The lowest BCUT2D eigenvalue weighted by Crippen LogP contribution is -2.52. The molecule has 8 nitrogen and oxygen atoms in total. The van der Waals surface area contributed by atoms with Crippen molar-refractivity contribution in [3.63, 3.8) is 0 Å². The zero-order valence-corrected chi connectivity index (χ0v) is 18.6. The van der Waals surface area contributed by atoms with Crippen LogP contribution in [0.4, 0.5) is 5.95 Å². The van der Waals surface area contributed by atoms with Crippen molar-refractivity contribution in [3.05, 3.63) is 60.9 Å². The Bertz CT molecular complexity index is 972. The van der Waals surface area contributed by atoms with E-state index in [0.29, 0.717) is 19.6 Å². The highest BCUT2D eigenvalue weighted by Gasteiger charge is 2.32. The van der Waals surface area contributed by atoms with Gasteiger partial charge in [-0.2, -0.15) is 0 Å². The summed E-state index contributed by atoms with van der Waals surface area (Å²) in [6.45, 7) is 7.63. The van der Waals surface area contributed by atoms with Crippen LogP contribution in [0.15, 0.2) is 60.4 Å². The maximum atomic E-state index is 13.4. The second-order valence-corrected chi connectivity index (χ2v) is 8.91. The fraction of sp³-hybridized carbons (Fsp3) is 0.409. The highest BCUT2D eigenvalue weighted by molar-refractivity contribution is 8.00. The van der Waals surface area contributed by atoms with E-state index in [4.69, 9.17) is 0 Å². The molecule has 0 unspecified atom stereocenters. The van der Waals surface area contributed by atoms with Crippen LogP contribution in [0.1, 0.15) is 19.5 Å². The third-order valence-corrected chi connectivity index (χ3v) is 6.79. The molecule has 4 rings (SSSR count). The lowest BCUT2D eigenvalue weighted by atomic mass is 10.1. The number of carbonyl (C=O) groups excluding carboxylic acids is 1. The number of aromatic nitrogens is 5. The summed E-state index contributed by atoms with van der Waals surface area (Å²) in [5, 5.41) is 0.651. The van der Waals surface area contributed by atoms with Crippen molar-refractivity contribution in [1.29, 1.82) is 0 Å². The molecule has 1 aliphatic rings. The zero-order chi connectivity index (χ0) is 21.6. The predicted molar refractivity (Wildman–Crippen MR) is 121 cm³/mol. The van der Waals surface area contributed by atoms with Gasteiger partial charge in [0, 0.05) is 57.2 Å². The molecule has 0 N–H and O–H groups in total. The number of amides is 1. The summed E-state index contributed by atoms with van der Waals surface area (Å²) < 4.78 is 2.06. The molecule has 0 radical (unpaired) electrons. The number of thioether (sulfide) groups is 1. The molecule has 0 bridgehead atoms. The van der Waals surface area contributed by atoms with Crippen LogP contribution in [0, 0.1) is 5.92 Å². The molecule has 3 aromatic rings. The largest absolute Gasteiger partial charge is 0.338 e. The molecule has 31 heavy (non-hydrogen) atoms. The molecular formula is C22H27N7OS. The van der Waals surface area contributed by atoms with E-state index in [1.54, 1.807) is 36.5 Å². The van der Waals surface area contributed by atoms with Crippen LogP contribution in [0.25, 0.3) is 0 Å². The van der Waals surface area contributed by atoms with Gasteiger partial charge in [-0.3, -0.25) is 9.78 Å². The van der Waals surface area contributed by atoms with Crippen molar-refractivity contribution >= 4 is 23.6 Å². The number of hydrogen-bond acceptors (Lipinski definition) is 7. The number of piperazine rings is 1. The van der Waals surface area contributed by atoms with Gasteiger partial charge in [0.15, 0.2) is 5.16 Å². The SMILES string of the molecule is CC(C)[C@@H](Sc1nccn1Cc1ccccn1)C(=O)N1CCN(c2ncccn2)CC1. The summed E-state index contributed by atoms with van der Waals surface area (Å²) in [4.78, 5) is 35.0. The molecular weight excluding hydrogens is 410 g/mol. The standard InChI is InChI=1S/C22H27N7OS/c1-17(2)19(31-22-26-10-11-29(22)16-18-6-3-4-7-23-18)20(30)27-12-14-28(15-13-27)21-24-8-5-9-25-21/h3-11,17,19H,12-16H2,1-2H3/t19-/m1/s1. The van der Waals surface area contributed by atoms with Crippen molar-refractivity contribution in [2.75, 3.05) is 31.1 Å². The molecule has 0 aromatic carbocycles. The van der Waals surface area contributed by atoms with Crippen LogP contribution in [-0.2, 0) is 11.3 Å². The first-order valence-electron chi connectivity index (χ1n) is 10.5. The van der Waals surface area contributed by atoms with Crippen molar-refractivity contribution in [3.8, 4) is 0 Å². The van der Waals surface area contributed by atoms with Crippen LogP contribution < -0.4 is 4.90 Å². The van der Waals surface area contributed by atoms with Gasteiger partial charge in [0.25, 0.3) is 0 Å². The van der Waals surface area contributed by atoms with Gasteiger partial charge in [0.05, 0.1) is 17.5 Å². The van der Waals surface area contributed by atoms with Gasteiger partial charge in [-0.1, -0.05) is 31.7 Å². The van der Waals surface area contributed by atoms with E-state index < -0.39 is 0 Å². The number of carbonyl (C=O) groups is 1. The number of rotatable bonds is 7. The number of hydrogen-bond donors (Lipinski definition) is 0. The lowest BCUT2D eigenvalue weighted by Gasteiger charge is -2.36. The zero-order valence-electron chi connectivity index (χ0n) is 17.8. The first-order valence-corrected chi connectivity index (χ1v) is 11.4. The summed E-state index contributed by atoms with van der Waals surface area (Å²) in [5.74, 6) is 1.08. The average molecular weight is 438 g/mol. The third-order valence-electron chi connectivity index (χ3n) is 5.24. The van der Waals surface area contributed by atoms with E-state index >= 15 is 0 Å². The molecule has 3 aromatic heterocycles. The molecule has 0 aliphatic carbocycles. The van der Waals surface area contributed by atoms with Crippen LogP contribution in [0.3, 0.4) is 0 Å². The molecule has 0 saturated carbocycles. The number of anilines is 1. The van der Waals surface area contributed by atoms with Gasteiger partial charge in [-0.15, -0.1) is 0 Å². The van der Waals surface area contributed by atoms with Crippen LogP contribution >= 0.6 is 11.8 Å². The smallest absolute Gasteiger partial charge is 0.236 e. The Morgan fingerprint density at radius 1 is 0.968 bits per heavy atom. The number of pyridine rings is 1. The second-order valence-electron chi connectivity index (χ2n) is 7.80. The molecule has 1 fully saturated rings. The van der Waals surface area contributed by atoms with E-state index in [1.807, 2.05) is 35.4 Å². The maximum Gasteiger partial charge on any atom is 0.236 e. The molecule has 1 saturated heterocycles. The van der Waals surface area contributed by atoms with Gasteiger partial charge < -0.3 is 14.4 Å². The van der Waals surface area contributed by atoms with Crippen molar-refractivity contribution < 1.29 is 4.79 Å². The number of imidazole rings is 1. The predicted octanol–water partition coefficient (Wildman–Crippen LogP) is 2.58. The van der Waals surface area contributed by atoms with Crippen molar-refractivity contribution in [1.82, 2.24) is 29.4 Å². The van der Waals surface area contributed by atoms with E-state index in [1.165, 1.54) is 0 Å². The minimum atomic E-state index is -0.190. The summed E-state index contributed by atoms with van der Waals surface area (Å²) in [7, 11) is 0. The van der Waals surface area contributed by atoms with Crippen LogP contribution in [-0.4, -0.2) is 66.7 Å². The third kappa shape index (κ3) is 5.22. The summed E-state index contributed by atoms with van der Waals surface area (Å²) in [5.41, 5.74) is 0.967. The van der Waals surface area contributed by atoms with Gasteiger partial charge in [0.2, 0.25) is 11.9 Å². The van der Waals surface area contributed by atoms with E-state index in [-0.39, 0.29) is 17.1 Å². The van der Waals surface area contributed by atoms with Crippen molar-refractivity contribution in [2.45, 2.75) is 30.8 Å². The molecule has 1 atom stereocenters. The Morgan fingerprint density at radius 2 is 1.71 bits per heavy atom. The molecule has 4 heterocycles. The molecule has 9 heteroatoms. The van der Waals surface area contributed by atoms with Gasteiger partial charge in [0.1, 0.15) is 0 Å². The van der Waals surface area contributed by atoms with E-state index in [2.05, 4.69) is 43.3 Å². The Hall–Kier alpha value is -2.94. The Balaban J connectivity index is 1.41. The van der Waals surface area contributed by atoms with Crippen LogP contribution in [0.5, 0.6) is 0 Å². The summed E-state index contributed by atoms with van der Waals surface area (Å²) in [6.07, 6.45) is 9.01. The summed E-state index contributed by atoms with van der Waals surface area (Å²) >= 11 is 1.54. The van der Waals surface area contributed by atoms with E-state index in [0.717, 1.165) is 29.9 Å². The Kier molecular flexibility index (Phi) is 6.81.